The Morgan fingerprint density at radius 3 is 2.70 bits per heavy atom. The maximum absolute atomic E-state index is 13.1. The number of thiocarbonyl (C=S) groups is 1. The molecule has 2 nitrogen and oxygen atoms in total. The van der Waals surface area contributed by atoms with Crippen molar-refractivity contribution in [3.63, 3.8) is 0 Å². The average molecular weight is 320 g/mol. The van der Waals surface area contributed by atoms with E-state index < -0.39 is 11.7 Å². The molecule has 1 aromatic carbocycles. The van der Waals surface area contributed by atoms with Crippen molar-refractivity contribution < 1.29 is 13.2 Å². The molecule has 110 valence electrons. The molecule has 1 fully saturated rings. The molecule has 1 unspecified atom stereocenters. The Morgan fingerprint density at radius 1 is 1.45 bits per heavy atom. The van der Waals surface area contributed by atoms with Gasteiger partial charge in [-0.15, -0.1) is 0 Å². The maximum Gasteiger partial charge on any atom is 0.417 e. The van der Waals surface area contributed by atoms with Crippen LogP contribution in [0.5, 0.6) is 0 Å². The van der Waals surface area contributed by atoms with Crippen LogP contribution in [0.25, 0.3) is 0 Å². The van der Waals surface area contributed by atoms with Gasteiger partial charge in [0.1, 0.15) is 4.99 Å². The van der Waals surface area contributed by atoms with Crippen LogP contribution in [0, 0.1) is 0 Å². The molecule has 1 heterocycles. The van der Waals surface area contributed by atoms with Gasteiger partial charge in [-0.05, 0) is 18.2 Å². The third-order valence-corrected chi connectivity index (χ3v) is 4.54. The van der Waals surface area contributed by atoms with Gasteiger partial charge in [0.2, 0.25) is 0 Å². The van der Waals surface area contributed by atoms with Gasteiger partial charge in [0.05, 0.1) is 5.56 Å². The van der Waals surface area contributed by atoms with Gasteiger partial charge in [-0.1, -0.05) is 19.1 Å². The largest absolute Gasteiger partial charge is 0.417 e. The third kappa shape index (κ3) is 3.38. The highest BCUT2D eigenvalue weighted by Crippen LogP contribution is 2.35. The highest BCUT2D eigenvalue weighted by molar-refractivity contribution is 8.00. The van der Waals surface area contributed by atoms with Gasteiger partial charge >= 0.3 is 6.18 Å². The summed E-state index contributed by atoms with van der Waals surface area (Å²) in [5.41, 5.74) is 5.08. The number of benzene rings is 1. The molecule has 0 saturated carbocycles. The van der Waals surface area contributed by atoms with Crippen molar-refractivity contribution in [1.29, 1.82) is 0 Å². The number of nitrogens with zero attached hydrogens (tertiary/aromatic N) is 1. The van der Waals surface area contributed by atoms with Gasteiger partial charge in [0.25, 0.3) is 0 Å². The molecule has 0 bridgehead atoms. The van der Waals surface area contributed by atoms with Crippen molar-refractivity contribution in [3.05, 3.63) is 29.3 Å². The summed E-state index contributed by atoms with van der Waals surface area (Å²) in [5.74, 6) is 0.916. The fourth-order valence-electron chi connectivity index (χ4n) is 2.23. The van der Waals surface area contributed by atoms with E-state index in [0.717, 1.165) is 24.9 Å². The van der Waals surface area contributed by atoms with E-state index in [2.05, 4.69) is 6.92 Å². The van der Waals surface area contributed by atoms with Gasteiger partial charge in [0.15, 0.2) is 0 Å². The summed E-state index contributed by atoms with van der Waals surface area (Å²) in [6.07, 6.45) is -4.45. The molecule has 1 aromatic rings. The van der Waals surface area contributed by atoms with E-state index in [-0.39, 0.29) is 10.6 Å². The summed E-state index contributed by atoms with van der Waals surface area (Å²) in [5, 5.41) is 0.411. The minimum absolute atomic E-state index is 0.115. The van der Waals surface area contributed by atoms with Crippen LogP contribution in [0.4, 0.5) is 18.9 Å². The second-order valence-electron chi connectivity index (χ2n) is 4.72. The lowest BCUT2D eigenvalue weighted by molar-refractivity contribution is -0.137. The molecule has 0 radical (unpaired) electrons. The first-order valence-electron chi connectivity index (χ1n) is 6.16. The van der Waals surface area contributed by atoms with Gasteiger partial charge in [-0.3, -0.25) is 0 Å². The van der Waals surface area contributed by atoms with Crippen LogP contribution in [0.1, 0.15) is 18.1 Å². The Hall–Kier alpha value is -0.950. The number of nitrogens with two attached hydrogens (primary N) is 1. The highest BCUT2D eigenvalue weighted by atomic mass is 32.2. The first-order chi connectivity index (χ1) is 9.29. The Bertz CT molecular complexity index is 517. The monoisotopic (exact) mass is 320 g/mol. The number of rotatable bonds is 2. The van der Waals surface area contributed by atoms with E-state index in [1.807, 2.05) is 16.7 Å². The normalized spacial score (nSPS) is 20.0. The van der Waals surface area contributed by atoms with E-state index in [0.29, 0.717) is 10.9 Å². The zero-order valence-electron chi connectivity index (χ0n) is 10.9. The second kappa shape index (κ2) is 5.81. The lowest BCUT2D eigenvalue weighted by Crippen LogP contribution is -2.36. The van der Waals surface area contributed by atoms with Crippen molar-refractivity contribution in [2.24, 2.45) is 5.73 Å². The molecule has 1 atom stereocenters. The Balaban J connectivity index is 2.39. The molecule has 2 N–H and O–H groups in total. The van der Waals surface area contributed by atoms with Crippen LogP contribution < -0.4 is 10.6 Å². The number of halogens is 3. The highest BCUT2D eigenvalue weighted by Gasteiger charge is 2.35. The van der Waals surface area contributed by atoms with Crippen LogP contribution in [0.3, 0.4) is 0 Å². The number of thioether (sulfide) groups is 1. The maximum atomic E-state index is 13.1. The van der Waals surface area contributed by atoms with Crippen LogP contribution >= 0.6 is 24.0 Å². The number of alkyl halides is 3. The Kier molecular flexibility index (Phi) is 4.49. The topological polar surface area (TPSA) is 29.3 Å². The summed E-state index contributed by atoms with van der Waals surface area (Å²) >= 11 is 6.53. The molecule has 0 aliphatic carbocycles. The van der Waals surface area contributed by atoms with Gasteiger partial charge < -0.3 is 10.6 Å². The van der Waals surface area contributed by atoms with E-state index >= 15 is 0 Å². The molecular weight excluding hydrogens is 305 g/mol. The van der Waals surface area contributed by atoms with E-state index in [4.69, 9.17) is 18.0 Å². The first kappa shape index (κ1) is 15.4. The van der Waals surface area contributed by atoms with E-state index in [9.17, 15) is 13.2 Å². The Morgan fingerprint density at radius 2 is 2.15 bits per heavy atom. The van der Waals surface area contributed by atoms with Crippen LogP contribution in [0.15, 0.2) is 18.2 Å². The zero-order valence-corrected chi connectivity index (χ0v) is 12.5. The quantitative estimate of drug-likeness (QED) is 0.847. The standard InChI is InChI=1S/C13H15F3N2S2/c1-8-7-18(4-5-20-8)9-2-3-10(12(17)19)11(6-9)13(14,15)16/h2-3,6,8H,4-5,7H2,1H3,(H2,17,19). The summed E-state index contributed by atoms with van der Waals surface area (Å²) in [6, 6.07) is 4.18. The molecule has 1 aliphatic heterocycles. The first-order valence-corrected chi connectivity index (χ1v) is 7.62. The fraction of sp³-hybridized carbons (Fsp3) is 0.462. The zero-order chi connectivity index (χ0) is 14.9. The summed E-state index contributed by atoms with van der Waals surface area (Å²) in [7, 11) is 0. The molecular formula is C13H15F3N2S2. The molecule has 0 aromatic heterocycles. The molecule has 0 amide bonds. The SMILES string of the molecule is CC1CN(c2ccc(C(N)=S)c(C(F)(F)F)c2)CCS1. The smallest absolute Gasteiger partial charge is 0.389 e. The molecule has 2 rings (SSSR count). The second-order valence-corrected chi connectivity index (χ2v) is 6.71. The Labute approximate surface area is 125 Å². The van der Waals surface area contributed by atoms with Crippen LogP contribution in [-0.2, 0) is 6.18 Å². The van der Waals surface area contributed by atoms with E-state index in [1.54, 1.807) is 6.07 Å². The summed E-state index contributed by atoms with van der Waals surface area (Å²) < 4.78 is 39.3. The molecule has 7 heteroatoms. The lowest BCUT2D eigenvalue weighted by Gasteiger charge is -2.33. The van der Waals surface area contributed by atoms with Crippen molar-refractivity contribution >= 4 is 34.7 Å². The lowest BCUT2D eigenvalue weighted by atomic mass is 10.1. The van der Waals surface area contributed by atoms with Crippen molar-refractivity contribution in [2.75, 3.05) is 23.7 Å². The average Bonchev–Trinajstić information content (AvgIpc) is 2.37. The molecule has 1 aliphatic rings. The van der Waals surface area contributed by atoms with Crippen LogP contribution in [-0.4, -0.2) is 29.1 Å². The predicted octanol–water partition coefficient (Wildman–Crippen LogP) is 3.28. The number of anilines is 1. The third-order valence-electron chi connectivity index (χ3n) is 3.18. The molecule has 0 spiro atoms. The van der Waals surface area contributed by atoms with Gasteiger partial charge in [0, 0.05) is 35.3 Å². The molecule has 1 saturated heterocycles. The minimum atomic E-state index is -4.45. The molecule has 20 heavy (non-hydrogen) atoms. The fourth-order valence-corrected chi connectivity index (χ4v) is 3.42. The van der Waals surface area contributed by atoms with Crippen LogP contribution in [0.2, 0.25) is 0 Å². The van der Waals surface area contributed by atoms with Crippen molar-refractivity contribution in [1.82, 2.24) is 0 Å². The van der Waals surface area contributed by atoms with Gasteiger partial charge in [-0.25, -0.2) is 0 Å². The predicted molar refractivity (Wildman–Crippen MR) is 81.5 cm³/mol. The van der Waals surface area contributed by atoms with Crippen molar-refractivity contribution in [3.8, 4) is 0 Å². The minimum Gasteiger partial charge on any atom is -0.389 e. The van der Waals surface area contributed by atoms with Gasteiger partial charge in [-0.2, -0.15) is 24.9 Å². The summed E-state index contributed by atoms with van der Waals surface area (Å²) in [6.45, 7) is 3.57. The number of hydrogen-bond donors (Lipinski definition) is 1. The summed E-state index contributed by atoms with van der Waals surface area (Å²) in [4.78, 5) is 1.74. The van der Waals surface area contributed by atoms with Crippen molar-refractivity contribution in [2.45, 2.75) is 18.3 Å². The van der Waals surface area contributed by atoms with E-state index in [1.165, 1.54) is 6.07 Å². The number of hydrogen-bond acceptors (Lipinski definition) is 3.